The first-order valence-electron chi connectivity index (χ1n) is 5.17. The molecule has 3 N–H and O–H groups in total. The molecule has 19 heavy (non-hydrogen) atoms. The van der Waals surface area contributed by atoms with E-state index in [0.717, 1.165) is 4.90 Å². The fraction of sp³-hybridized carbons (Fsp3) is 0.667. The highest BCUT2D eigenvalue weighted by Gasteiger charge is 2.35. The Morgan fingerprint density at radius 2 is 1.68 bits per heavy atom. The number of hydrogen-bond acceptors (Lipinski definition) is 3. The van der Waals surface area contributed by atoms with Gasteiger partial charge in [0, 0.05) is 6.54 Å². The van der Waals surface area contributed by atoms with Crippen LogP contribution in [0.15, 0.2) is 0 Å². The third-order valence-corrected chi connectivity index (χ3v) is 1.97. The molecule has 0 aliphatic rings. The van der Waals surface area contributed by atoms with E-state index in [1.165, 1.54) is 6.92 Å². The molecule has 0 spiro atoms. The minimum absolute atomic E-state index is 0.0737. The Labute approximate surface area is 106 Å². The van der Waals surface area contributed by atoms with Crippen molar-refractivity contribution in [1.29, 1.82) is 0 Å². The predicted molar refractivity (Wildman–Crippen MR) is 57.1 cm³/mol. The van der Waals surface area contributed by atoms with Gasteiger partial charge in [-0.25, -0.2) is 4.79 Å². The number of nitrogens with zero attached hydrogens (tertiary/aromatic N) is 2. The van der Waals surface area contributed by atoms with Crippen molar-refractivity contribution in [3.63, 3.8) is 0 Å². The lowest BCUT2D eigenvalue weighted by Crippen LogP contribution is -2.50. The van der Waals surface area contributed by atoms with Crippen molar-refractivity contribution in [3.8, 4) is 0 Å². The van der Waals surface area contributed by atoms with Crippen LogP contribution in [0.4, 0.5) is 18.0 Å². The number of primary amides is 1. The lowest BCUT2D eigenvalue weighted by molar-refractivity contribution is -0.149. The Morgan fingerprint density at radius 1 is 1.16 bits per heavy atom. The van der Waals surface area contributed by atoms with E-state index >= 15 is 0 Å². The molecule has 3 amide bonds. The van der Waals surface area contributed by atoms with E-state index < -0.39 is 43.7 Å². The molecule has 0 bridgehead atoms. The van der Waals surface area contributed by atoms with Crippen molar-refractivity contribution in [3.05, 3.63) is 0 Å². The van der Waals surface area contributed by atoms with Gasteiger partial charge in [-0.05, 0) is 6.92 Å². The molecule has 0 heterocycles. The first-order chi connectivity index (χ1) is 8.56. The Bertz CT molecular complexity index is 359. The molecule has 0 rings (SSSR count). The van der Waals surface area contributed by atoms with Gasteiger partial charge in [0.1, 0.15) is 19.6 Å². The molecule has 0 unspecified atom stereocenters. The molecule has 0 aliphatic heterocycles. The average molecular weight is 285 g/mol. The fourth-order valence-corrected chi connectivity index (χ4v) is 1.27. The van der Waals surface area contributed by atoms with Gasteiger partial charge in [-0.2, -0.15) is 13.2 Å². The Hall–Kier alpha value is -2.00. The highest BCUT2D eigenvalue weighted by molar-refractivity contribution is 5.85. The summed E-state index contributed by atoms with van der Waals surface area (Å²) >= 11 is 0. The van der Waals surface area contributed by atoms with Crippen molar-refractivity contribution >= 4 is 17.9 Å². The van der Waals surface area contributed by atoms with E-state index in [1.807, 2.05) is 0 Å². The van der Waals surface area contributed by atoms with Gasteiger partial charge < -0.3 is 20.6 Å². The predicted octanol–water partition coefficient (Wildman–Crippen LogP) is -0.137. The van der Waals surface area contributed by atoms with Gasteiger partial charge in [-0.1, -0.05) is 0 Å². The highest BCUT2D eigenvalue weighted by Crippen LogP contribution is 2.17. The second-order valence-electron chi connectivity index (χ2n) is 3.63. The molecule has 10 heteroatoms. The van der Waals surface area contributed by atoms with Crippen LogP contribution in [0.5, 0.6) is 0 Å². The van der Waals surface area contributed by atoms with E-state index in [2.05, 4.69) is 0 Å². The van der Waals surface area contributed by atoms with Crippen LogP contribution in [-0.4, -0.2) is 65.2 Å². The van der Waals surface area contributed by atoms with Crippen LogP contribution in [0.1, 0.15) is 6.92 Å². The van der Waals surface area contributed by atoms with Crippen molar-refractivity contribution in [1.82, 2.24) is 9.80 Å². The van der Waals surface area contributed by atoms with Gasteiger partial charge >= 0.3 is 18.2 Å². The molecule has 0 fully saturated rings. The van der Waals surface area contributed by atoms with Gasteiger partial charge in [0.2, 0.25) is 5.91 Å². The van der Waals surface area contributed by atoms with Gasteiger partial charge in [0.05, 0.1) is 0 Å². The number of carboxylic acids is 1. The van der Waals surface area contributed by atoms with E-state index in [9.17, 15) is 27.6 Å². The summed E-state index contributed by atoms with van der Waals surface area (Å²) in [5.41, 5.74) is 4.85. The quantitative estimate of drug-likeness (QED) is 0.709. The lowest BCUT2D eigenvalue weighted by Gasteiger charge is -2.28. The van der Waals surface area contributed by atoms with Crippen LogP contribution >= 0.6 is 0 Å². The Morgan fingerprint density at radius 3 is 2.00 bits per heavy atom. The minimum atomic E-state index is -4.74. The lowest BCUT2D eigenvalue weighted by atomic mass is 10.4. The second-order valence-corrected chi connectivity index (χ2v) is 3.63. The summed E-state index contributed by atoms with van der Waals surface area (Å²) in [5, 5.41) is 8.49. The van der Waals surface area contributed by atoms with E-state index in [1.54, 1.807) is 0 Å². The maximum absolute atomic E-state index is 12.2. The Balaban J connectivity index is 4.95. The molecule has 0 aromatic rings. The zero-order chi connectivity index (χ0) is 15.2. The monoisotopic (exact) mass is 285 g/mol. The molecule has 0 saturated carbocycles. The number of urea groups is 1. The first kappa shape index (κ1) is 17.0. The molecule has 0 aromatic heterocycles. The topological polar surface area (TPSA) is 104 Å². The van der Waals surface area contributed by atoms with Crippen molar-refractivity contribution in [2.75, 3.05) is 26.2 Å². The van der Waals surface area contributed by atoms with E-state index in [-0.39, 0.29) is 11.4 Å². The Kier molecular flexibility index (Phi) is 6.09. The number of amides is 3. The number of carboxylic acid groups (broad SMARTS) is 1. The van der Waals surface area contributed by atoms with Crippen molar-refractivity contribution in [2.24, 2.45) is 5.73 Å². The van der Waals surface area contributed by atoms with Crippen molar-refractivity contribution < 1.29 is 32.7 Å². The number of halogens is 3. The number of carbonyl (C=O) groups is 3. The number of aliphatic carboxylic acids is 1. The number of carbonyl (C=O) groups excluding carboxylic acids is 2. The van der Waals surface area contributed by atoms with Crippen LogP contribution in [0.2, 0.25) is 0 Å². The first-order valence-corrected chi connectivity index (χ1v) is 5.17. The highest BCUT2D eigenvalue weighted by atomic mass is 19.4. The molecule has 0 aromatic carbocycles. The van der Waals surface area contributed by atoms with Crippen LogP contribution in [0.25, 0.3) is 0 Å². The van der Waals surface area contributed by atoms with Crippen LogP contribution in [-0.2, 0) is 9.59 Å². The number of nitrogens with two attached hydrogens (primary N) is 1. The van der Waals surface area contributed by atoms with Gasteiger partial charge in [0.15, 0.2) is 0 Å². The number of alkyl halides is 3. The summed E-state index contributed by atoms with van der Waals surface area (Å²) in [5.74, 6) is -2.50. The molecule has 110 valence electrons. The van der Waals surface area contributed by atoms with Crippen LogP contribution < -0.4 is 5.73 Å². The summed E-state index contributed by atoms with van der Waals surface area (Å²) in [6.45, 7) is -2.06. The zero-order valence-corrected chi connectivity index (χ0v) is 10.1. The molecular weight excluding hydrogens is 271 g/mol. The maximum atomic E-state index is 12.2. The third kappa shape index (κ3) is 7.11. The fourth-order valence-electron chi connectivity index (χ4n) is 1.27. The normalized spacial score (nSPS) is 10.9. The minimum Gasteiger partial charge on any atom is -0.480 e. The number of rotatable bonds is 6. The molecule has 0 saturated heterocycles. The van der Waals surface area contributed by atoms with Crippen LogP contribution in [0.3, 0.4) is 0 Å². The average Bonchev–Trinajstić information content (AvgIpc) is 2.21. The zero-order valence-electron chi connectivity index (χ0n) is 10.1. The van der Waals surface area contributed by atoms with E-state index in [4.69, 9.17) is 10.8 Å². The SMILES string of the molecule is CCN(CC(N)=O)C(=O)N(CC(=O)O)CC(F)(F)F. The molecule has 0 aliphatic carbocycles. The second kappa shape index (κ2) is 6.81. The summed E-state index contributed by atoms with van der Waals surface area (Å²) in [6.07, 6.45) is -4.74. The summed E-state index contributed by atoms with van der Waals surface area (Å²) < 4.78 is 36.7. The summed E-state index contributed by atoms with van der Waals surface area (Å²) in [6, 6.07) is -1.21. The summed E-state index contributed by atoms with van der Waals surface area (Å²) in [7, 11) is 0. The summed E-state index contributed by atoms with van der Waals surface area (Å²) in [4.78, 5) is 33.7. The molecule has 7 nitrogen and oxygen atoms in total. The molecule has 0 atom stereocenters. The standard InChI is InChI=1S/C9H14F3N3O4/c1-2-14(3-6(13)16)8(19)15(4-7(17)18)5-9(10,11)12/h2-5H2,1H3,(H2,13,16)(H,17,18). The molecular formula is C9H14F3N3O4. The number of likely N-dealkylation sites (N-methyl/N-ethyl adjacent to an activating group) is 1. The largest absolute Gasteiger partial charge is 0.480 e. The van der Waals surface area contributed by atoms with Gasteiger partial charge in [-0.15, -0.1) is 0 Å². The van der Waals surface area contributed by atoms with E-state index in [0.29, 0.717) is 0 Å². The number of hydrogen-bond donors (Lipinski definition) is 2. The third-order valence-electron chi connectivity index (χ3n) is 1.97. The van der Waals surface area contributed by atoms with Gasteiger partial charge in [0.25, 0.3) is 0 Å². The molecule has 0 radical (unpaired) electrons. The maximum Gasteiger partial charge on any atom is 0.406 e. The smallest absolute Gasteiger partial charge is 0.406 e. The van der Waals surface area contributed by atoms with Crippen molar-refractivity contribution in [2.45, 2.75) is 13.1 Å². The van der Waals surface area contributed by atoms with Gasteiger partial charge in [-0.3, -0.25) is 9.59 Å². The van der Waals surface area contributed by atoms with Crippen LogP contribution in [0, 0.1) is 0 Å².